The van der Waals surface area contributed by atoms with Crippen LogP contribution in [-0.2, 0) is 22.0 Å². The van der Waals surface area contributed by atoms with Gasteiger partial charge in [-0.2, -0.15) is 0 Å². The predicted octanol–water partition coefficient (Wildman–Crippen LogP) is 7.00. The second-order valence-electron chi connectivity index (χ2n) is 10.1. The van der Waals surface area contributed by atoms with E-state index in [1.54, 1.807) is 0 Å². The molecule has 162 valence electrons. The van der Waals surface area contributed by atoms with Crippen LogP contribution in [0.25, 0.3) is 10.8 Å². The van der Waals surface area contributed by atoms with Crippen LogP contribution in [0.2, 0.25) is 0 Å². The van der Waals surface area contributed by atoms with Gasteiger partial charge in [-0.1, -0.05) is 82.3 Å². The summed E-state index contributed by atoms with van der Waals surface area (Å²) >= 11 is 0. The van der Waals surface area contributed by atoms with Crippen molar-refractivity contribution < 1.29 is 9.53 Å². The van der Waals surface area contributed by atoms with Gasteiger partial charge in [0.05, 0.1) is 6.61 Å². The largest absolute Gasteiger partial charge is 0.381 e. The molecule has 0 radical (unpaired) electrons. The van der Waals surface area contributed by atoms with Gasteiger partial charge in [-0.3, -0.25) is 4.79 Å². The maximum Gasteiger partial charge on any atom is 0.193 e. The van der Waals surface area contributed by atoms with E-state index in [1.807, 2.05) is 25.1 Å². The van der Waals surface area contributed by atoms with E-state index in [4.69, 9.17) is 4.74 Å². The minimum absolute atomic E-state index is 0.0144. The Hall–Kier alpha value is -2.45. The quantitative estimate of drug-likeness (QED) is 0.321. The lowest BCUT2D eigenvalue weighted by atomic mass is 9.61. The van der Waals surface area contributed by atoms with Gasteiger partial charge in [0, 0.05) is 17.7 Å². The Labute approximate surface area is 186 Å². The minimum Gasteiger partial charge on any atom is -0.381 e. The Kier molecular flexibility index (Phi) is 5.79. The third kappa shape index (κ3) is 3.94. The van der Waals surface area contributed by atoms with Crippen LogP contribution in [-0.4, -0.2) is 19.0 Å². The van der Waals surface area contributed by atoms with Crippen molar-refractivity contribution in [3.63, 3.8) is 0 Å². The summed E-state index contributed by atoms with van der Waals surface area (Å²) in [7, 11) is 0. The highest BCUT2D eigenvalue weighted by Crippen LogP contribution is 2.47. The highest BCUT2D eigenvalue weighted by atomic mass is 16.5. The molecule has 0 aromatic heterocycles. The lowest BCUT2D eigenvalue weighted by molar-refractivity contribution is 0.103. The zero-order valence-corrected chi connectivity index (χ0v) is 19.5. The van der Waals surface area contributed by atoms with E-state index < -0.39 is 0 Å². The first-order chi connectivity index (χ1) is 14.8. The molecule has 0 unspecified atom stereocenters. The van der Waals surface area contributed by atoms with Gasteiger partial charge < -0.3 is 4.74 Å². The fourth-order valence-corrected chi connectivity index (χ4v) is 5.20. The molecule has 0 spiro atoms. The first kappa shape index (κ1) is 21.8. The molecule has 0 aliphatic heterocycles. The van der Waals surface area contributed by atoms with Gasteiger partial charge in [0.15, 0.2) is 5.78 Å². The normalized spacial score (nSPS) is 16.8. The molecule has 2 nitrogen and oxygen atoms in total. The second-order valence-corrected chi connectivity index (χ2v) is 10.1. The predicted molar refractivity (Wildman–Crippen MR) is 129 cm³/mol. The molecule has 0 atom stereocenters. The van der Waals surface area contributed by atoms with Gasteiger partial charge >= 0.3 is 0 Å². The molecule has 0 fully saturated rings. The van der Waals surface area contributed by atoms with Gasteiger partial charge in [-0.25, -0.2) is 0 Å². The van der Waals surface area contributed by atoms with Crippen molar-refractivity contribution in [2.24, 2.45) is 0 Å². The van der Waals surface area contributed by atoms with Gasteiger partial charge in [0.1, 0.15) is 0 Å². The van der Waals surface area contributed by atoms with Crippen LogP contribution in [0.4, 0.5) is 0 Å². The van der Waals surface area contributed by atoms with Gasteiger partial charge in [-0.05, 0) is 64.5 Å². The highest BCUT2D eigenvalue weighted by molar-refractivity contribution is 6.13. The number of ether oxygens (including phenoxy) is 1. The molecule has 3 aromatic carbocycles. The SMILES string of the molecule is CCOCCc1c(C(=O)c2cccc3c2C(C)(C)CCC3(C)C)ccc2ccccc12. The summed E-state index contributed by atoms with van der Waals surface area (Å²) < 4.78 is 5.67. The monoisotopic (exact) mass is 414 g/mol. The molecule has 0 heterocycles. The average Bonchev–Trinajstić information content (AvgIpc) is 2.76. The topological polar surface area (TPSA) is 26.3 Å². The molecule has 0 saturated heterocycles. The number of benzene rings is 3. The van der Waals surface area contributed by atoms with Crippen LogP contribution in [0.5, 0.6) is 0 Å². The van der Waals surface area contributed by atoms with E-state index in [9.17, 15) is 4.79 Å². The first-order valence-electron chi connectivity index (χ1n) is 11.5. The minimum atomic E-state index is -0.0144. The van der Waals surface area contributed by atoms with Crippen LogP contribution in [0.1, 0.15) is 80.1 Å². The van der Waals surface area contributed by atoms with E-state index in [-0.39, 0.29) is 16.6 Å². The molecule has 0 bridgehead atoms. The summed E-state index contributed by atoms with van der Waals surface area (Å²) in [5, 5.41) is 2.32. The Morgan fingerprint density at radius 3 is 2.39 bits per heavy atom. The van der Waals surface area contributed by atoms with Gasteiger partial charge in [0.25, 0.3) is 0 Å². The number of carbonyl (C=O) groups excluding carboxylic acids is 1. The highest BCUT2D eigenvalue weighted by Gasteiger charge is 2.39. The third-order valence-electron chi connectivity index (χ3n) is 7.08. The zero-order valence-electron chi connectivity index (χ0n) is 19.5. The lowest BCUT2D eigenvalue weighted by Crippen LogP contribution is -2.35. The number of rotatable bonds is 6. The summed E-state index contributed by atoms with van der Waals surface area (Å²) in [4.78, 5) is 14.1. The molecular formula is C29H34O2. The van der Waals surface area contributed by atoms with E-state index in [1.165, 1.54) is 16.5 Å². The maximum absolute atomic E-state index is 14.1. The molecule has 0 amide bonds. The van der Waals surface area contributed by atoms with Crippen LogP contribution in [0, 0.1) is 0 Å². The molecule has 1 aliphatic rings. The van der Waals surface area contributed by atoms with Crippen LogP contribution >= 0.6 is 0 Å². The van der Waals surface area contributed by atoms with Crippen LogP contribution in [0.3, 0.4) is 0 Å². The second kappa shape index (κ2) is 8.24. The molecule has 0 N–H and O–H groups in total. The fraction of sp³-hybridized carbons (Fsp3) is 0.414. The molecule has 0 saturated carbocycles. The summed E-state index contributed by atoms with van der Waals surface area (Å²) in [5.74, 6) is 0.139. The van der Waals surface area contributed by atoms with E-state index in [2.05, 4.69) is 64.1 Å². The zero-order chi connectivity index (χ0) is 22.2. The van der Waals surface area contributed by atoms with Crippen molar-refractivity contribution in [1.82, 2.24) is 0 Å². The number of hydrogen-bond donors (Lipinski definition) is 0. The smallest absolute Gasteiger partial charge is 0.193 e. The van der Waals surface area contributed by atoms with Crippen molar-refractivity contribution in [1.29, 1.82) is 0 Å². The van der Waals surface area contributed by atoms with Crippen molar-refractivity contribution >= 4 is 16.6 Å². The third-order valence-corrected chi connectivity index (χ3v) is 7.08. The Bertz CT molecular complexity index is 1120. The lowest BCUT2D eigenvalue weighted by Gasteiger charge is -2.42. The molecule has 4 rings (SSSR count). The van der Waals surface area contributed by atoms with E-state index in [0.29, 0.717) is 13.2 Å². The summed E-state index contributed by atoms with van der Waals surface area (Å²) in [6.45, 7) is 12.5. The number of carbonyl (C=O) groups is 1. The molecule has 31 heavy (non-hydrogen) atoms. The molecule has 1 aliphatic carbocycles. The van der Waals surface area contributed by atoms with Gasteiger partial charge in [-0.15, -0.1) is 0 Å². The van der Waals surface area contributed by atoms with Crippen molar-refractivity contribution in [3.05, 3.63) is 82.4 Å². The molecule has 2 heteroatoms. The van der Waals surface area contributed by atoms with E-state index >= 15 is 0 Å². The summed E-state index contributed by atoms with van der Waals surface area (Å²) in [6.07, 6.45) is 2.96. The standard InChI is InChI=1S/C29H34O2/c1-6-31-19-16-22-21-11-8-7-10-20(21)14-15-23(22)27(30)24-12-9-13-25-26(24)29(4,5)18-17-28(25,2)3/h7-15H,6,16-19H2,1-5H3. The van der Waals surface area contributed by atoms with Crippen molar-refractivity contribution in [2.45, 2.75) is 64.7 Å². The average molecular weight is 415 g/mol. The van der Waals surface area contributed by atoms with Crippen molar-refractivity contribution in [3.8, 4) is 0 Å². The number of hydrogen-bond acceptors (Lipinski definition) is 2. The number of ketones is 1. The Balaban J connectivity index is 1.89. The molecule has 3 aromatic rings. The van der Waals surface area contributed by atoms with Crippen LogP contribution in [0.15, 0.2) is 54.6 Å². The van der Waals surface area contributed by atoms with Crippen molar-refractivity contribution in [2.75, 3.05) is 13.2 Å². The first-order valence-corrected chi connectivity index (χ1v) is 11.5. The van der Waals surface area contributed by atoms with Crippen LogP contribution < -0.4 is 0 Å². The number of fused-ring (bicyclic) bond motifs is 2. The summed E-state index contributed by atoms with van der Waals surface area (Å²) in [6, 6.07) is 18.8. The Morgan fingerprint density at radius 1 is 0.871 bits per heavy atom. The molecular weight excluding hydrogens is 380 g/mol. The maximum atomic E-state index is 14.1. The Morgan fingerprint density at radius 2 is 1.61 bits per heavy atom. The van der Waals surface area contributed by atoms with E-state index in [0.717, 1.165) is 41.3 Å². The van der Waals surface area contributed by atoms with Gasteiger partial charge in [0.2, 0.25) is 0 Å². The fourth-order valence-electron chi connectivity index (χ4n) is 5.20. The summed E-state index contributed by atoms with van der Waals surface area (Å²) in [5.41, 5.74) is 5.41.